The minimum Gasteiger partial charge on any atom is -0.475 e. The van der Waals surface area contributed by atoms with E-state index in [2.05, 4.69) is 18.1 Å². The van der Waals surface area contributed by atoms with Crippen LogP contribution in [0.15, 0.2) is 16.5 Å². The number of nitrogens with zero attached hydrogens (tertiary/aromatic N) is 1. The lowest BCUT2D eigenvalue weighted by Gasteiger charge is -2.22. The van der Waals surface area contributed by atoms with E-state index in [0.29, 0.717) is 18.3 Å². The predicted octanol–water partition coefficient (Wildman–Crippen LogP) is 2.16. The molecular weight excluding hydrogens is 226 g/mol. The van der Waals surface area contributed by atoms with Gasteiger partial charge >= 0.3 is 5.97 Å². The van der Waals surface area contributed by atoms with Crippen LogP contribution in [-0.4, -0.2) is 41.1 Å². The molecule has 0 amide bonds. The number of furan rings is 1. The maximum absolute atomic E-state index is 10.6. The number of rotatable bonds is 6. The molecule has 0 aliphatic carbocycles. The Balaban J connectivity index is 2.55. The summed E-state index contributed by atoms with van der Waals surface area (Å²) in [5, 5.41) is 8.71. The molecule has 1 N–H and O–H groups in total. The van der Waals surface area contributed by atoms with Gasteiger partial charge in [0.25, 0.3) is 0 Å². The van der Waals surface area contributed by atoms with E-state index < -0.39 is 5.97 Å². The Morgan fingerprint density at radius 1 is 1.62 bits per heavy atom. The predicted molar refractivity (Wildman–Crippen MR) is 65.0 cm³/mol. The summed E-state index contributed by atoms with van der Waals surface area (Å²) in [5.41, 5.74) is 0. The summed E-state index contributed by atoms with van der Waals surface area (Å²) in [6.45, 7) is 2.77. The van der Waals surface area contributed by atoms with Crippen LogP contribution in [-0.2, 0) is 6.54 Å². The summed E-state index contributed by atoms with van der Waals surface area (Å²) in [5.74, 6) is 0.711. The maximum atomic E-state index is 10.6. The molecule has 90 valence electrons. The minimum atomic E-state index is -1.02. The molecule has 4 nitrogen and oxygen atoms in total. The van der Waals surface area contributed by atoms with Crippen molar-refractivity contribution in [1.29, 1.82) is 0 Å². The van der Waals surface area contributed by atoms with Gasteiger partial charge in [0.1, 0.15) is 5.76 Å². The number of carboxylic acid groups (broad SMARTS) is 1. The normalized spacial score (nSPS) is 13.0. The minimum absolute atomic E-state index is 0.000851. The Bertz CT molecular complexity index is 351. The average Bonchev–Trinajstić information content (AvgIpc) is 2.66. The van der Waals surface area contributed by atoms with E-state index in [1.54, 1.807) is 17.8 Å². The number of carbonyl (C=O) groups is 1. The Hall–Kier alpha value is -0.940. The summed E-state index contributed by atoms with van der Waals surface area (Å²) in [4.78, 5) is 12.8. The Morgan fingerprint density at radius 2 is 2.31 bits per heavy atom. The lowest BCUT2D eigenvalue weighted by Crippen LogP contribution is -2.30. The van der Waals surface area contributed by atoms with E-state index in [4.69, 9.17) is 9.52 Å². The van der Waals surface area contributed by atoms with Gasteiger partial charge in [0.15, 0.2) is 0 Å². The first-order valence-electron chi connectivity index (χ1n) is 5.05. The monoisotopic (exact) mass is 243 g/mol. The van der Waals surface area contributed by atoms with Crippen molar-refractivity contribution in [1.82, 2.24) is 4.90 Å². The molecule has 5 heteroatoms. The lowest BCUT2D eigenvalue weighted by atomic mass is 10.3. The van der Waals surface area contributed by atoms with Crippen LogP contribution < -0.4 is 0 Å². The standard InChI is InChI=1S/C11H17NO3S/c1-8(7-16-3)12(2)6-9-4-5-10(15-9)11(13)14/h4-5,8H,6-7H2,1-3H3,(H,13,14). The van der Waals surface area contributed by atoms with Crippen LogP contribution in [0.3, 0.4) is 0 Å². The second kappa shape index (κ2) is 5.96. The highest BCUT2D eigenvalue weighted by atomic mass is 32.2. The fourth-order valence-corrected chi connectivity index (χ4v) is 2.08. The highest BCUT2D eigenvalue weighted by molar-refractivity contribution is 7.98. The quantitative estimate of drug-likeness (QED) is 0.829. The van der Waals surface area contributed by atoms with Crippen molar-refractivity contribution in [2.45, 2.75) is 19.5 Å². The maximum Gasteiger partial charge on any atom is 0.371 e. The van der Waals surface area contributed by atoms with Crippen molar-refractivity contribution in [3.63, 3.8) is 0 Å². The highest BCUT2D eigenvalue weighted by Crippen LogP contribution is 2.12. The molecule has 0 fully saturated rings. The van der Waals surface area contributed by atoms with Gasteiger partial charge in [0, 0.05) is 11.8 Å². The van der Waals surface area contributed by atoms with Gasteiger partial charge in [-0.3, -0.25) is 4.90 Å². The van der Waals surface area contributed by atoms with Crippen LogP contribution in [0.4, 0.5) is 0 Å². The number of hydrogen-bond acceptors (Lipinski definition) is 4. The smallest absolute Gasteiger partial charge is 0.371 e. The van der Waals surface area contributed by atoms with Gasteiger partial charge < -0.3 is 9.52 Å². The van der Waals surface area contributed by atoms with Crippen molar-refractivity contribution in [3.05, 3.63) is 23.7 Å². The SMILES string of the molecule is CSCC(C)N(C)Cc1ccc(C(=O)O)o1. The van der Waals surface area contributed by atoms with Crippen LogP contribution >= 0.6 is 11.8 Å². The van der Waals surface area contributed by atoms with Crippen LogP contribution in [0, 0.1) is 0 Å². The number of aromatic carboxylic acids is 1. The van der Waals surface area contributed by atoms with Crippen LogP contribution in [0.25, 0.3) is 0 Å². The molecule has 1 heterocycles. The molecule has 0 aromatic carbocycles. The zero-order chi connectivity index (χ0) is 12.1. The first kappa shape index (κ1) is 13.1. The first-order valence-corrected chi connectivity index (χ1v) is 6.45. The van der Waals surface area contributed by atoms with Gasteiger partial charge in [-0.05, 0) is 32.4 Å². The van der Waals surface area contributed by atoms with Crippen LogP contribution in [0.1, 0.15) is 23.2 Å². The molecule has 1 unspecified atom stereocenters. The third-order valence-corrected chi connectivity index (χ3v) is 3.25. The van der Waals surface area contributed by atoms with Crippen molar-refractivity contribution >= 4 is 17.7 Å². The first-order chi connectivity index (χ1) is 7.54. The molecule has 0 bridgehead atoms. The topological polar surface area (TPSA) is 53.7 Å². The molecule has 1 atom stereocenters. The molecule has 1 aromatic heterocycles. The second-order valence-electron chi connectivity index (χ2n) is 3.79. The molecular formula is C11H17NO3S. The molecule has 0 saturated heterocycles. The van der Waals surface area contributed by atoms with Crippen molar-refractivity contribution in [3.8, 4) is 0 Å². The molecule has 0 spiro atoms. The van der Waals surface area contributed by atoms with E-state index in [1.807, 2.05) is 7.05 Å². The number of hydrogen-bond donors (Lipinski definition) is 1. The Kier molecular flexibility index (Phi) is 4.89. The van der Waals surface area contributed by atoms with Gasteiger partial charge in [-0.15, -0.1) is 0 Å². The van der Waals surface area contributed by atoms with E-state index in [1.165, 1.54) is 6.07 Å². The zero-order valence-corrected chi connectivity index (χ0v) is 10.6. The molecule has 1 aromatic rings. The van der Waals surface area contributed by atoms with Gasteiger partial charge in [-0.2, -0.15) is 11.8 Å². The van der Waals surface area contributed by atoms with Crippen LogP contribution in [0.5, 0.6) is 0 Å². The van der Waals surface area contributed by atoms with Gasteiger partial charge in [0.2, 0.25) is 5.76 Å². The molecule has 0 radical (unpaired) electrons. The fourth-order valence-electron chi connectivity index (χ4n) is 1.35. The second-order valence-corrected chi connectivity index (χ2v) is 4.70. The molecule has 1 rings (SSSR count). The van der Waals surface area contributed by atoms with Gasteiger partial charge in [-0.25, -0.2) is 4.79 Å². The summed E-state index contributed by atoms with van der Waals surface area (Å²) in [6, 6.07) is 3.64. The van der Waals surface area contributed by atoms with E-state index >= 15 is 0 Å². The molecule has 0 saturated carbocycles. The largest absolute Gasteiger partial charge is 0.475 e. The summed E-state index contributed by atoms with van der Waals surface area (Å²) >= 11 is 1.79. The van der Waals surface area contributed by atoms with E-state index in [-0.39, 0.29) is 5.76 Å². The lowest BCUT2D eigenvalue weighted by molar-refractivity contribution is 0.0658. The van der Waals surface area contributed by atoms with Gasteiger partial charge in [-0.1, -0.05) is 0 Å². The number of carboxylic acids is 1. The third kappa shape index (κ3) is 3.57. The van der Waals surface area contributed by atoms with Crippen molar-refractivity contribution in [2.24, 2.45) is 0 Å². The zero-order valence-electron chi connectivity index (χ0n) is 9.77. The molecule has 0 aliphatic rings. The van der Waals surface area contributed by atoms with Gasteiger partial charge in [0.05, 0.1) is 6.54 Å². The summed E-state index contributed by atoms with van der Waals surface area (Å²) < 4.78 is 5.20. The molecule has 0 aliphatic heterocycles. The van der Waals surface area contributed by atoms with Crippen molar-refractivity contribution < 1.29 is 14.3 Å². The van der Waals surface area contributed by atoms with Crippen LogP contribution in [0.2, 0.25) is 0 Å². The summed E-state index contributed by atoms with van der Waals surface area (Å²) in [7, 11) is 2.00. The summed E-state index contributed by atoms with van der Waals surface area (Å²) in [6.07, 6.45) is 2.07. The van der Waals surface area contributed by atoms with E-state index in [0.717, 1.165) is 5.75 Å². The van der Waals surface area contributed by atoms with Crippen molar-refractivity contribution in [2.75, 3.05) is 19.1 Å². The average molecular weight is 243 g/mol. The number of thioether (sulfide) groups is 1. The highest BCUT2D eigenvalue weighted by Gasteiger charge is 2.13. The Labute approximate surface area is 99.6 Å². The Morgan fingerprint density at radius 3 is 2.81 bits per heavy atom. The van der Waals surface area contributed by atoms with E-state index in [9.17, 15) is 4.79 Å². The fraction of sp³-hybridized carbons (Fsp3) is 0.545. The third-order valence-electron chi connectivity index (χ3n) is 2.44. The molecule has 16 heavy (non-hydrogen) atoms.